The van der Waals surface area contributed by atoms with Gasteiger partial charge in [0.2, 0.25) is 0 Å². The Balaban J connectivity index is 2.46. The van der Waals surface area contributed by atoms with Crippen molar-refractivity contribution in [2.45, 2.75) is 25.8 Å². The smallest absolute Gasteiger partial charge is 0.0662 e. The molecule has 68 valence electrons. The second-order valence-corrected chi connectivity index (χ2v) is 2.87. The molecule has 0 saturated carbocycles. The van der Waals surface area contributed by atoms with Gasteiger partial charge in [-0.1, -0.05) is 18.8 Å². The average molecular weight is 174 g/mol. The van der Waals surface area contributed by atoms with Gasteiger partial charge < -0.3 is 5.73 Å². The molecule has 1 heterocycles. The number of hydrogen-bond donors (Lipinski definition) is 1. The monoisotopic (exact) mass is 174 g/mol. The number of nitrogens with zero attached hydrogens (tertiary/aromatic N) is 1. The first-order valence-corrected chi connectivity index (χ1v) is 4.45. The summed E-state index contributed by atoms with van der Waals surface area (Å²) in [6.45, 7) is 2.03. The van der Waals surface area contributed by atoms with Gasteiger partial charge in [0.25, 0.3) is 0 Å². The number of hydrogen-bond acceptors (Lipinski definition) is 2. The maximum absolute atomic E-state index is 5.65. The van der Waals surface area contributed by atoms with Gasteiger partial charge in [0.15, 0.2) is 0 Å². The Hall–Kier alpha value is -1.33. The molecule has 0 fully saturated rings. The van der Waals surface area contributed by atoms with Crippen molar-refractivity contribution >= 4 is 0 Å². The minimum absolute atomic E-state index is 0.0156. The Morgan fingerprint density at radius 2 is 2.15 bits per heavy atom. The van der Waals surface area contributed by atoms with E-state index in [2.05, 4.69) is 16.8 Å². The first kappa shape index (κ1) is 9.76. The summed E-state index contributed by atoms with van der Waals surface area (Å²) in [5, 5.41) is 0. The van der Waals surface area contributed by atoms with Crippen LogP contribution in [0.25, 0.3) is 0 Å². The molecule has 2 N–H and O–H groups in total. The Labute approximate surface area is 79.2 Å². The molecule has 1 unspecified atom stereocenters. The van der Waals surface area contributed by atoms with Crippen molar-refractivity contribution in [3.63, 3.8) is 0 Å². The van der Waals surface area contributed by atoms with Gasteiger partial charge in [-0.3, -0.25) is 4.98 Å². The zero-order valence-electron chi connectivity index (χ0n) is 7.83. The lowest BCUT2D eigenvalue weighted by Gasteiger charge is -1.95. The third kappa shape index (κ3) is 3.73. The van der Waals surface area contributed by atoms with Gasteiger partial charge >= 0.3 is 0 Å². The highest BCUT2D eigenvalue weighted by molar-refractivity contribution is 5.19. The van der Waals surface area contributed by atoms with E-state index in [4.69, 9.17) is 5.73 Å². The highest BCUT2D eigenvalue weighted by atomic mass is 14.6. The van der Waals surface area contributed by atoms with Crippen molar-refractivity contribution in [1.29, 1.82) is 0 Å². The van der Waals surface area contributed by atoms with Crippen molar-refractivity contribution < 1.29 is 0 Å². The molecule has 0 aromatic carbocycles. The standard InChI is InChI=1S/C11H14N2/c1-2-11(12)5-3-4-10-6-8-13-9-7-10/h6-9,11H,2,4,12H2,1H3. The fourth-order valence-corrected chi connectivity index (χ4v) is 0.887. The third-order valence-electron chi connectivity index (χ3n) is 1.77. The van der Waals surface area contributed by atoms with Gasteiger partial charge in [0.1, 0.15) is 0 Å². The molecular weight excluding hydrogens is 160 g/mol. The largest absolute Gasteiger partial charge is 0.318 e. The summed E-state index contributed by atoms with van der Waals surface area (Å²) in [4.78, 5) is 3.93. The molecule has 0 amide bonds. The SMILES string of the molecule is CCC(N)C#CCc1ccncc1. The molecule has 0 aliphatic carbocycles. The van der Waals surface area contributed by atoms with Crippen LogP contribution < -0.4 is 5.73 Å². The van der Waals surface area contributed by atoms with Crippen molar-refractivity contribution in [1.82, 2.24) is 4.98 Å². The molecule has 0 saturated heterocycles. The van der Waals surface area contributed by atoms with Crippen LogP contribution in [0.15, 0.2) is 24.5 Å². The zero-order valence-corrected chi connectivity index (χ0v) is 7.83. The molecule has 2 heteroatoms. The van der Waals surface area contributed by atoms with E-state index in [0.29, 0.717) is 0 Å². The quantitative estimate of drug-likeness (QED) is 0.688. The molecule has 13 heavy (non-hydrogen) atoms. The first-order valence-electron chi connectivity index (χ1n) is 4.45. The molecule has 0 spiro atoms. The van der Waals surface area contributed by atoms with Crippen molar-refractivity contribution in [2.24, 2.45) is 5.73 Å². The Morgan fingerprint density at radius 1 is 1.46 bits per heavy atom. The van der Waals surface area contributed by atoms with Crippen LogP contribution in [0.2, 0.25) is 0 Å². The topological polar surface area (TPSA) is 38.9 Å². The Kier molecular flexibility index (Phi) is 4.01. The Morgan fingerprint density at radius 3 is 2.77 bits per heavy atom. The van der Waals surface area contributed by atoms with Crippen LogP contribution in [0.5, 0.6) is 0 Å². The molecule has 0 aliphatic heterocycles. The lowest BCUT2D eigenvalue weighted by molar-refractivity contribution is 0.805. The fourth-order valence-electron chi connectivity index (χ4n) is 0.887. The van der Waals surface area contributed by atoms with Crippen LogP contribution in [0.3, 0.4) is 0 Å². The predicted molar refractivity (Wildman–Crippen MR) is 54.0 cm³/mol. The van der Waals surface area contributed by atoms with Crippen LogP contribution >= 0.6 is 0 Å². The summed E-state index contributed by atoms with van der Waals surface area (Å²) in [7, 11) is 0. The first-order chi connectivity index (χ1) is 6.33. The molecule has 1 aromatic rings. The maximum Gasteiger partial charge on any atom is 0.0662 e. The minimum atomic E-state index is 0.0156. The minimum Gasteiger partial charge on any atom is -0.318 e. The molecular formula is C11H14N2. The molecule has 0 radical (unpaired) electrons. The summed E-state index contributed by atoms with van der Waals surface area (Å²) >= 11 is 0. The van der Waals surface area contributed by atoms with Gasteiger partial charge in [-0.2, -0.15) is 0 Å². The second-order valence-electron chi connectivity index (χ2n) is 2.87. The second kappa shape index (κ2) is 5.34. The van der Waals surface area contributed by atoms with E-state index in [0.717, 1.165) is 12.8 Å². The molecule has 1 rings (SSSR count). The summed E-state index contributed by atoms with van der Waals surface area (Å²) in [5.74, 6) is 6.04. The number of aromatic nitrogens is 1. The predicted octanol–water partition coefficient (Wildman–Crippen LogP) is 1.36. The number of nitrogens with two attached hydrogens (primary N) is 1. The van der Waals surface area contributed by atoms with Crippen LogP contribution in [0, 0.1) is 11.8 Å². The van der Waals surface area contributed by atoms with Gasteiger partial charge in [-0.15, -0.1) is 0 Å². The lowest BCUT2D eigenvalue weighted by atomic mass is 10.2. The van der Waals surface area contributed by atoms with E-state index in [1.54, 1.807) is 12.4 Å². The molecule has 0 bridgehead atoms. The van der Waals surface area contributed by atoms with Crippen LogP contribution in [-0.2, 0) is 6.42 Å². The third-order valence-corrected chi connectivity index (χ3v) is 1.77. The van der Waals surface area contributed by atoms with Crippen molar-refractivity contribution in [3.05, 3.63) is 30.1 Å². The van der Waals surface area contributed by atoms with Crippen molar-refractivity contribution in [3.8, 4) is 11.8 Å². The van der Waals surface area contributed by atoms with Crippen LogP contribution in [0.1, 0.15) is 18.9 Å². The lowest BCUT2D eigenvalue weighted by Crippen LogP contribution is -2.15. The molecule has 1 aromatic heterocycles. The maximum atomic E-state index is 5.65. The van der Waals surface area contributed by atoms with Crippen LogP contribution in [-0.4, -0.2) is 11.0 Å². The van der Waals surface area contributed by atoms with Crippen LogP contribution in [0.4, 0.5) is 0 Å². The normalized spacial score (nSPS) is 11.5. The molecule has 2 nitrogen and oxygen atoms in total. The van der Waals surface area contributed by atoms with E-state index in [9.17, 15) is 0 Å². The van der Waals surface area contributed by atoms with Gasteiger partial charge in [-0.25, -0.2) is 0 Å². The zero-order chi connectivity index (χ0) is 9.52. The number of rotatable bonds is 2. The molecule has 1 atom stereocenters. The average Bonchev–Trinajstić information content (AvgIpc) is 2.19. The van der Waals surface area contributed by atoms with Gasteiger partial charge in [0, 0.05) is 18.8 Å². The van der Waals surface area contributed by atoms with Gasteiger partial charge in [0.05, 0.1) is 6.04 Å². The van der Waals surface area contributed by atoms with E-state index in [-0.39, 0.29) is 6.04 Å². The summed E-state index contributed by atoms with van der Waals surface area (Å²) in [6.07, 6.45) is 5.22. The summed E-state index contributed by atoms with van der Waals surface area (Å²) < 4.78 is 0. The van der Waals surface area contributed by atoms with E-state index in [1.165, 1.54) is 5.56 Å². The molecule has 0 aliphatic rings. The van der Waals surface area contributed by atoms with E-state index in [1.807, 2.05) is 19.1 Å². The Bertz CT molecular complexity index is 295. The van der Waals surface area contributed by atoms with E-state index < -0.39 is 0 Å². The fraction of sp³-hybridized carbons (Fsp3) is 0.364. The highest BCUT2D eigenvalue weighted by Crippen LogP contribution is 1.95. The van der Waals surface area contributed by atoms with Gasteiger partial charge in [-0.05, 0) is 24.1 Å². The highest BCUT2D eigenvalue weighted by Gasteiger charge is 1.89. The number of pyridine rings is 1. The summed E-state index contributed by atoms with van der Waals surface area (Å²) in [6, 6.07) is 3.94. The van der Waals surface area contributed by atoms with Crippen molar-refractivity contribution in [2.75, 3.05) is 0 Å². The summed E-state index contributed by atoms with van der Waals surface area (Å²) in [5.41, 5.74) is 6.84. The van der Waals surface area contributed by atoms with E-state index >= 15 is 0 Å².